The molecule has 1 aromatic carbocycles. The molecule has 0 unspecified atom stereocenters. The first-order chi connectivity index (χ1) is 11.7. The molecular formula is C20H29N3O. The quantitative estimate of drug-likeness (QED) is 0.595. The Balaban J connectivity index is 2.53. The Labute approximate surface area is 145 Å². The average molecular weight is 327 g/mol. The molecule has 0 amide bonds. The van der Waals surface area contributed by atoms with Gasteiger partial charge in [0.05, 0.1) is 13.3 Å². The molecule has 4 heteroatoms. The van der Waals surface area contributed by atoms with Crippen molar-refractivity contribution in [3.8, 4) is 17.0 Å². The zero-order valence-electron chi connectivity index (χ0n) is 15.4. The predicted octanol–water partition coefficient (Wildman–Crippen LogP) is 5.19. The maximum atomic E-state index is 5.55. The molecule has 0 bridgehead atoms. The van der Waals surface area contributed by atoms with E-state index >= 15 is 0 Å². The highest BCUT2D eigenvalue weighted by molar-refractivity contribution is 5.70. The Morgan fingerprint density at radius 2 is 1.79 bits per heavy atom. The molecule has 1 aromatic heterocycles. The van der Waals surface area contributed by atoms with E-state index in [9.17, 15) is 0 Å². The molecule has 2 rings (SSSR count). The third kappa shape index (κ3) is 3.74. The lowest BCUT2D eigenvalue weighted by Crippen LogP contribution is -2.26. The van der Waals surface area contributed by atoms with Crippen LogP contribution < -0.4 is 4.74 Å². The highest BCUT2D eigenvalue weighted by atomic mass is 16.5. The van der Waals surface area contributed by atoms with Gasteiger partial charge in [0, 0.05) is 11.1 Å². The standard InChI is InChI=1S/C20H29N3O/c1-5-8-11-14-20(6-2,7-3)17-15-21-23-22-19(17)16-12-9-10-13-18(16)24-4/h9-10,12-13,15H,5-8,11,14H2,1-4H3. The van der Waals surface area contributed by atoms with Crippen molar-refractivity contribution in [3.05, 3.63) is 36.0 Å². The Bertz CT molecular complexity index is 638. The van der Waals surface area contributed by atoms with Crippen LogP contribution in [0.2, 0.25) is 0 Å². The first kappa shape index (κ1) is 18.4. The van der Waals surface area contributed by atoms with Crippen LogP contribution in [-0.4, -0.2) is 22.5 Å². The van der Waals surface area contributed by atoms with Gasteiger partial charge >= 0.3 is 0 Å². The van der Waals surface area contributed by atoms with E-state index in [-0.39, 0.29) is 5.41 Å². The summed E-state index contributed by atoms with van der Waals surface area (Å²) in [6, 6.07) is 8.01. The molecule has 2 aromatic rings. The third-order valence-electron chi connectivity index (χ3n) is 5.18. The van der Waals surface area contributed by atoms with Gasteiger partial charge in [0.2, 0.25) is 0 Å². The van der Waals surface area contributed by atoms with Crippen molar-refractivity contribution in [3.63, 3.8) is 0 Å². The lowest BCUT2D eigenvalue weighted by Gasteiger charge is -2.33. The third-order valence-corrected chi connectivity index (χ3v) is 5.18. The number of ether oxygens (including phenoxy) is 1. The molecule has 0 radical (unpaired) electrons. The minimum Gasteiger partial charge on any atom is -0.496 e. The van der Waals surface area contributed by atoms with Crippen molar-refractivity contribution in [2.24, 2.45) is 0 Å². The zero-order valence-corrected chi connectivity index (χ0v) is 15.4. The van der Waals surface area contributed by atoms with E-state index in [1.807, 2.05) is 24.4 Å². The second-order valence-electron chi connectivity index (χ2n) is 6.34. The van der Waals surface area contributed by atoms with E-state index in [0.29, 0.717) is 0 Å². The maximum Gasteiger partial charge on any atom is 0.128 e. The SMILES string of the molecule is CCCCCC(CC)(CC)c1cnnnc1-c1ccccc1OC. The highest BCUT2D eigenvalue weighted by Crippen LogP contribution is 2.42. The summed E-state index contributed by atoms with van der Waals surface area (Å²) < 4.78 is 5.55. The van der Waals surface area contributed by atoms with E-state index < -0.39 is 0 Å². The molecule has 1 heterocycles. The Hall–Kier alpha value is -1.97. The van der Waals surface area contributed by atoms with Crippen LogP contribution >= 0.6 is 0 Å². The smallest absolute Gasteiger partial charge is 0.128 e. The summed E-state index contributed by atoms with van der Waals surface area (Å²) in [5.74, 6) is 0.828. The molecule has 0 atom stereocenters. The van der Waals surface area contributed by atoms with Gasteiger partial charge < -0.3 is 4.74 Å². The molecule has 0 aliphatic heterocycles. The second-order valence-corrected chi connectivity index (χ2v) is 6.34. The van der Waals surface area contributed by atoms with Crippen molar-refractivity contribution >= 4 is 0 Å². The number of unbranched alkanes of at least 4 members (excludes halogenated alkanes) is 2. The van der Waals surface area contributed by atoms with Gasteiger partial charge in [-0.25, -0.2) is 0 Å². The summed E-state index contributed by atoms with van der Waals surface area (Å²) in [6.07, 6.45) is 8.93. The van der Waals surface area contributed by atoms with Gasteiger partial charge in [-0.05, 0) is 42.0 Å². The van der Waals surface area contributed by atoms with Gasteiger partial charge in [-0.2, -0.15) is 0 Å². The van der Waals surface area contributed by atoms with Gasteiger partial charge in [-0.15, -0.1) is 10.2 Å². The molecule has 130 valence electrons. The summed E-state index contributed by atoms with van der Waals surface area (Å²) in [6.45, 7) is 6.78. The second kappa shape index (κ2) is 8.76. The fourth-order valence-electron chi connectivity index (χ4n) is 3.53. The van der Waals surface area contributed by atoms with Gasteiger partial charge in [0.15, 0.2) is 0 Å². The van der Waals surface area contributed by atoms with Crippen LogP contribution in [0.25, 0.3) is 11.3 Å². The molecule has 24 heavy (non-hydrogen) atoms. The number of nitrogens with zero attached hydrogens (tertiary/aromatic N) is 3. The van der Waals surface area contributed by atoms with Crippen molar-refractivity contribution in [1.82, 2.24) is 15.4 Å². The lowest BCUT2D eigenvalue weighted by atomic mass is 9.71. The Morgan fingerprint density at radius 1 is 1.04 bits per heavy atom. The average Bonchev–Trinajstić information content (AvgIpc) is 2.66. The van der Waals surface area contributed by atoms with E-state index in [4.69, 9.17) is 4.74 Å². The van der Waals surface area contributed by atoms with Crippen molar-refractivity contribution < 1.29 is 4.74 Å². The fourth-order valence-corrected chi connectivity index (χ4v) is 3.53. The van der Waals surface area contributed by atoms with Gasteiger partial charge in [-0.3, -0.25) is 0 Å². The number of hydrogen-bond acceptors (Lipinski definition) is 4. The minimum absolute atomic E-state index is 0.0916. The Kier molecular flexibility index (Phi) is 6.71. The van der Waals surface area contributed by atoms with Crippen LogP contribution in [0.1, 0.15) is 64.9 Å². The summed E-state index contributed by atoms with van der Waals surface area (Å²) in [5.41, 5.74) is 3.19. The number of methoxy groups -OCH3 is 1. The number of hydrogen-bond donors (Lipinski definition) is 0. The summed E-state index contributed by atoms with van der Waals surface area (Å²) >= 11 is 0. The summed E-state index contributed by atoms with van der Waals surface area (Å²) in [7, 11) is 1.70. The van der Waals surface area contributed by atoms with E-state index in [1.54, 1.807) is 7.11 Å². The van der Waals surface area contributed by atoms with Crippen molar-refractivity contribution in [2.45, 2.75) is 64.7 Å². The molecule has 0 aliphatic rings. The van der Waals surface area contributed by atoms with Gasteiger partial charge in [0.1, 0.15) is 11.4 Å². The summed E-state index contributed by atoms with van der Waals surface area (Å²) in [5, 5.41) is 12.4. The van der Waals surface area contributed by atoms with Gasteiger partial charge in [0.25, 0.3) is 0 Å². The monoisotopic (exact) mass is 327 g/mol. The molecule has 0 saturated carbocycles. The summed E-state index contributed by atoms with van der Waals surface area (Å²) in [4.78, 5) is 0. The van der Waals surface area contributed by atoms with Crippen LogP contribution in [-0.2, 0) is 5.41 Å². The van der Waals surface area contributed by atoms with E-state index in [0.717, 1.165) is 36.3 Å². The van der Waals surface area contributed by atoms with Crippen molar-refractivity contribution in [2.75, 3.05) is 7.11 Å². The molecule has 0 spiro atoms. The lowest BCUT2D eigenvalue weighted by molar-refractivity contribution is 0.348. The predicted molar refractivity (Wildman–Crippen MR) is 98.2 cm³/mol. The first-order valence-electron chi connectivity index (χ1n) is 9.04. The molecule has 4 nitrogen and oxygen atoms in total. The topological polar surface area (TPSA) is 47.9 Å². The van der Waals surface area contributed by atoms with Crippen LogP contribution in [0.5, 0.6) is 5.75 Å². The van der Waals surface area contributed by atoms with Crippen LogP contribution in [0.3, 0.4) is 0 Å². The first-order valence-corrected chi connectivity index (χ1v) is 9.04. The van der Waals surface area contributed by atoms with E-state index in [1.165, 1.54) is 24.8 Å². The van der Waals surface area contributed by atoms with Crippen LogP contribution in [0.4, 0.5) is 0 Å². The number of aromatic nitrogens is 3. The van der Waals surface area contributed by atoms with Gasteiger partial charge in [-0.1, -0.05) is 52.2 Å². The highest BCUT2D eigenvalue weighted by Gasteiger charge is 2.32. The molecule has 0 aliphatic carbocycles. The Morgan fingerprint density at radius 3 is 2.46 bits per heavy atom. The molecular weight excluding hydrogens is 298 g/mol. The minimum atomic E-state index is 0.0916. The molecule has 0 fully saturated rings. The largest absolute Gasteiger partial charge is 0.496 e. The van der Waals surface area contributed by atoms with Crippen LogP contribution in [0.15, 0.2) is 30.5 Å². The maximum absolute atomic E-state index is 5.55. The number of benzene rings is 1. The fraction of sp³-hybridized carbons (Fsp3) is 0.550. The number of rotatable bonds is 9. The molecule has 0 saturated heterocycles. The normalized spacial score (nSPS) is 11.5. The van der Waals surface area contributed by atoms with Crippen LogP contribution in [0, 0.1) is 0 Å². The van der Waals surface area contributed by atoms with E-state index in [2.05, 4.69) is 42.2 Å². The molecule has 0 N–H and O–H groups in total. The number of para-hydroxylation sites is 1. The zero-order chi connectivity index (χ0) is 17.4. The van der Waals surface area contributed by atoms with Crippen molar-refractivity contribution in [1.29, 1.82) is 0 Å².